The molecule has 0 fully saturated rings. The van der Waals surface area contributed by atoms with E-state index in [-0.39, 0.29) is 38.2 Å². The fraction of sp³-hybridized carbons (Fsp3) is 0. The summed E-state index contributed by atoms with van der Waals surface area (Å²) in [6.07, 6.45) is 0. The van der Waals surface area contributed by atoms with E-state index in [1.807, 2.05) is 0 Å². The number of nitrogens with one attached hydrogen (secondary N) is 3. The predicted molar refractivity (Wildman–Crippen MR) is 162 cm³/mol. The van der Waals surface area contributed by atoms with Gasteiger partial charge in [0, 0.05) is 16.8 Å². The van der Waals surface area contributed by atoms with Crippen LogP contribution in [0.3, 0.4) is 0 Å². The standard InChI is InChI=1S/C27H19N7O11S2/c35-22-20(47(44,45)34-17-7-3-14(4-8-17)25(38)39)12-15-11-18(46(42,43)33-16-5-1-13(2-6-16)24(36)37)9-10-19(15)21(22)29-31-27-28-23(26(40)41)30-32-27/h1-12,33-35H,(H,36,37)(H,38,39)(H,40,41)(H,28,30,32). The molecule has 0 radical (unpaired) electrons. The first-order chi connectivity index (χ1) is 22.1. The van der Waals surface area contributed by atoms with Gasteiger partial charge in [-0.1, -0.05) is 6.07 Å². The largest absolute Gasteiger partial charge is 0.504 e. The van der Waals surface area contributed by atoms with E-state index < -0.39 is 66.1 Å². The third kappa shape index (κ3) is 6.82. The van der Waals surface area contributed by atoms with Gasteiger partial charge in [0.15, 0.2) is 5.75 Å². The Balaban J connectivity index is 1.61. The number of benzene rings is 4. The summed E-state index contributed by atoms with van der Waals surface area (Å²) in [4.78, 5) is 35.8. The molecule has 47 heavy (non-hydrogen) atoms. The Morgan fingerprint density at radius 2 is 1.26 bits per heavy atom. The number of aromatic nitrogens is 3. The summed E-state index contributed by atoms with van der Waals surface area (Å²) < 4.78 is 57.8. The maximum Gasteiger partial charge on any atom is 0.373 e. The van der Waals surface area contributed by atoms with Crippen LogP contribution in [0.5, 0.6) is 5.75 Å². The van der Waals surface area contributed by atoms with Gasteiger partial charge in [-0.05, 0) is 72.1 Å². The van der Waals surface area contributed by atoms with Gasteiger partial charge < -0.3 is 20.4 Å². The van der Waals surface area contributed by atoms with Crippen LogP contribution in [0, 0.1) is 0 Å². The fourth-order valence-electron chi connectivity index (χ4n) is 4.08. The second-order valence-electron chi connectivity index (χ2n) is 9.42. The third-order valence-electron chi connectivity index (χ3n) is 6.31. The molecule has 0 aliphatic rings. The number of fused-ring (bicyclic) bond motifs is 1. The molecule has 5 aromatic rings. The lowest BCUT2D eigenvalue weighted by Gasteiger charge is -2.14. The number of aromatic hydroxyl groups is 1. The van der Waals surface area contributed by atoms with Crippen LogP contribution in [0.1, 0.15) is 31.3 Å². The molecule has 0 aliphatic heterocycles. The van der Waals surface area contributed by atoms with Crippen molar-refractivity contribution in [3.8, 4) is 5.75 Å². The number of hydrogen-bond donors (Lipinski definition) is 7. The van der Waals surface area contributed by atoms with E-state index >= 15 is 0 Å². The van der Waals surface area contributed by atoms with E-state index in [0.717, 1.165) is 30.3 Å². The number of anilines is 2. The van der Waals surface area contributed by atoms with Crippen molar-refractivity contribution >= 4 is 71.7 Å². The summed E-state index contributed by atoms with van der Waals surface area (Å²) in [6.45, 7) is 0. The number of aromatic carboxylic acids is 3. The number of carbonyl (C=O) groups is 3. The van der Waals surface area contributed by atoms with Gasteiger partial charge in [0.2, 0.25) is 5.82 Å². The predicted octanol–water partition coefficient (Wildman–Crippen LogP) is 3.78. The average molecular weight is 682 g/mol. The number of H-pyrrole nitrogens is 1. The maximum atomic E-state index is 13.5. The summed E-state index contributed by atoms with van der Waals surface area (Å²) in [5, 5.41) is 51.5. The van der Waals surface area contributed by atoms with E-state index in [2.05, 4.69) is 34.9 Å². The van der Waals surface area contributed by atoms with E-state index in [9.17, 15) is 36.3 Å². The molecule has 0 bridgehead atoms. The highest BCUT2D eigenvalue weighted by Gasteiger charge is 2.26. The van der Waals surface area contributed by atoms with Crippen LogP contribution in [0.2, 0.25) is 0 Å². The molecular formula is C27H19N7O11S2. The number of phenols is 1. The molecule has 5 rings (SSSR count). The van der Waals surface area contributed by atoms with Crippen LogP contribution in [0.25, 0.3) is 10.8 Å². The van der Waals surface area contributed by atoms with Crippen LogP contribution in [0.15, 0.2) is 92.8 Å². The monoisotopic (exact) mass is 681 g/mol. The topological polar surface area (TPSA) is 291 Å². The molecular weight excluding hydrogens is 662 g/mol. The summed E-state index contributed by atoms with van der Waals surface area (Å²) in [6, 6.07) is 13.8. The lowest BCUT2D eigenvalue weighted by molar-refractivity contribution is 0.0676. The van der Waals surface area contributed by atoms with Gasteiger partial charge in [-0.2, -0.15) is 4.98 Å². The van der Waals surface area contributed by atoms with Gasteiger partial charge >= 0.3 is 17.9 Å². The van der Waals surface area contributed by atoms with Crippen LogP contribution in [0.4, 0.5) is 23.0 Å². The smallest absolute Gasteiger partial charge is 0.373 e. The van der Waals surface area contributed by atoms with Crippen LogP contribution in [-0.2, 0) is 20.0 Å². The van der Waals surface area contributed by atoms with Crippen molar-refractivity contribution in [2.45, 2.75) is 9.79 Å². The Labute approximate surface area is 263 Å². The van der Waals surface area contributed by atoms with Crippen molar-refractivity contribution < 1.29 is 51.6 Å². The highest BCUT2D eigenvalue weighted by molar-refractivity contribution is 7.93. The zero-order valence-corrected chi connectivity index (χ0v) is 24.8. The first-order valence-electron chi connectivity index (χ1n) is 12.7. The van der Waals surface area contributed by atoms with E-state index in [1.54, 1.807) is 0 Å². The average Bonchev–Trinajstić information content (AvgIpc) is 3.50. The van der Waals surface area contributed by atoms with Crippen molar-refractivity contribution in [3.63, 3.8) is 0 Å². The first kappa shape index (κ1) is 32.0. The Bertz CT molecular complexity index is 2320. The summed E-state index contributed by atoms with van der Waals surface area (Å²) in [5.41, 5.74) is -0.725. The van der Waals surface area contributed by atoms with Gasteiger partial charge in [-0.3, -0.25) is 14.5 Å². The molecule has 1 aromatic heterocycles. The van der Waals surface area contributed by atoms with Gasteiger partial charge in [0.1, 0.15) is 10.6 Å². The summed E-state index contributed by atoms with van der Waals surface area (Å²) >= 11 is 0. The number of nitrogens with zero attached hydrogens (tertiary/aromatic N) is 4. The van der Waals surface area contributed by atoms with Crippen molar-refractivity contribution in [2.24, 2.45) is 10.2 Å². The lowest BCUT2D eigenvalue weighted by atomic mass is 10.1. The molecule has 7 N–H and O–H groups in total. The van der Waals surface area contributed by atoms with Gasteiger partial charge in [0.25, 0.3) is 26.0 Å². The van der Waals surface area contributed by atoms with Crippen molar-refractivity contribution in [1.82, 2.24) is 15.2 Å². The quantitative estimate of drug-likeness (QED) is 0.0978. The van der Waals surface area contributed by atoms with E-state index in [1.165, 1.54) is 42.5 Å². The third-order valence-corrected chi connectivity index (χ3v) is 9.08. The second kappa shape index (κ2) is 12.2. The molecule has 0 atom stereocenters. The maximum absolute atomic E-state index is 13.5. The number of carboxylic acids is 3. The SMILES string of the molecule is O=C(O)c1ccc(NS(=O)(=O)c2ccc3c(N=Nc4n[nH]c(C(=O)O)n4)c(O)c(S(=O)(=O)Nc4ccc(C(=O)O)cc4)cc3c2)cc1. The zero-order chi connectivity index (χ0) is 34.1. The molecule has 0 spiro atoms. The molecule has 240 valence electrons. The van der Waals surface area contributed by atoms with Crippen molar-refractivity contribution in [1.29, 1.82) is 0 Å². The molecule has 1 heterocycles. The number of azo groups is 1. The number of hydrogen-bond acceptors (Lipinski definition) is 12. The number of rotatable bonds is 11. The molecule has 4 aromatic carbocycles. The summed E-state index contributed by atoms with van der Waals surface area (Å²) in [5.74, 6) is -5.92. The van der Waals surface area contributed by atoms with E-state index in [0.29, 0.717) is 0 Å². The lowest BCUT2D eigenvalue weighted by Crippen LogP contribution is -2.14. The molecule has 0 saturated carbocycles. The molecule has 0 aliphatic carbocycles. The summed E-state index contributed by atoms with van der Waals surface area (Å²) in [7, 11) is -9.00. The highest BCUT2D eigenvalue weighted by atomic mass is 32.2. The molecule has 18 nitrogen and oxygen atoms in total. The van der Waals surface area contributed by atoms with Gasteiger partial charge in [0.05, 0.1) is 16.0 Å². The Hall–Kier alpha value is -6.41. The number of aromatic amines is 1. The van der Waals surface area contributed by atoms with Crippen LogP contribution >= 0.6 is 0 Å². The first-order valence-corrected chi connectivity index (χ1v) is 15.7. The Morgan fingerprint density at radius 3 is 1.77 bits per heavy atom. The number of phenolic OH excluding ortho intramolecular Hbond substituents is 1. The minimum atomic E-state index is -4.67. The minimum Gasteiger partial charge on any atom is -0.504 e. The number of sulfonamides is 2. The Morgan fingerprint density at radius 1 is 0.702 bits per heavy atom. The van der Waals surface area contributed by atoms with Gasteiger partial charge in [-0.15, -0.1) is 15.3 Å². The highest BCUT2D eigenvalue weighted by Crippen LogP contribution is 2.42. The van der Waals surface area contributed by atoms with Crippen LogP contribution in [-0.4, -0.2) is 70.4 Å². The molecule has 0 saturated heterocycles. The Kier molecular flexibility index (Phi) is 8.29. The molecule has 0 unspecified atom stereocenters. The zero-order valence-electron chi connectivity index (χ0n) is 23.2. The van der Waals surface area contributed by atoms with Crippen LogP contribution < -0.4 is 9.44 Å². The minimum absolute atomic E-state index is 0.00904. The van der Waals surface area contributed by atoms with Crippen molar-refractivity contribution in [2.75, 3.05) is 9.44 Å². The van der Waals surface area contributed by atoms with Gasteiger partial charge in [-0.25, -0.2) is 31.2 Å². The number of carboxylic acid groups (broad SMARTS) is 3. The fourth-order valence-corrected chi connectivity index (χ4v) is 6.36. The molecule has 0 amide bonds. The van der Waals surface area contributed by atoms with E-state index in [4.69, 9.17) is 15.3 Å². The second-order valence-corrected chi connectivity index (χ2v) is 12.8. The van der Waals surface area contributed by atoms with Crippen molar-refractivity contribution in [3.05, 3.63) is 89.7 Å². The normalized spacial score (nSPS) is 11.8. The molecule has 20 heteroatoms.